The lowest BCUT2D eigenvalue weighted by Crippen LogP contribution is -2.60. The smallest absolute Gasteiger partial charge is 0.250 e. The molecule has 158 valence electrons. The van der Waals surface area contributed by atoms with E-state index >= 15 is 0 Å². The number of hydrogen-bond acceptors (Lipinski definition) is 3. The van der Waals surface area contributed by atoms with Crippen LogP contribution >= 0.6 is 0 Å². The molecule has 0 saturated carbocycles. The highest BCUT2D eigenvalue weighted by molar-refractivity contribution is 6.14. The van der Waals surface area contributed by atoms with Crippen LogP contribution in [0, 0.1) is 6.92 Å². The van der Waals surface area contributed by atoms with Crippen LogP contribution in [0.4, 0.5) is 11.4 Å². The van der Waals surface area contributed by atoms with Crippen LogP contribution in [0.5, 0.6) is 0 Å². The number of para-hydroxylation sites is 2. The molecule has 0 aliphatic carbocycles. The molecule has 1 aliphatic heterocycles. The first-order chi connectivity index (χ1) is 14.9. The number of aryl methyl sites for hydroxylation is 1. The molecule has 4 rings (SSSR count). The van der Waals surface area contributed by atoms with Gasteiger partial charge in [-0.25, -0.2) is 0 Å². The molecule has 3 aromatic carbocycles. The van der Waals surface area contributed by atoms with Crippen molar-refractivity contribution >= 4 is 23.2 Å². The van der Waals surface area contributed by atoms with E-state index in [2.05, 4.69) is 54.0 Å². The van der Waals surface area contributed by atoms with Gasteiger partial charge in [0.25, 0.3) is 0 Å². The van der Waals surface area contributed by atoms with Gasteiger partial charge in [0.1, 0.15) is 5.54 Å². The molecule has 0 saturated heterocycles. The number of benzene rings is 3. The molecule has 1 aliphatic rings. The van der Waals surface area contributed by atoms with Gasteiger partial charge >= 0.3 is 0 Å². The van der Waals surface area contributed by atoms with Gasteiger partial charge in [0.2, 0.25) is 11.8 Å². The Morgan fingerprint density at radius 3 is 2.26 bits per heavy atom. The van der Waals surface area contributed by atoms with E-state index in [0.29, 0.717) is 11.4 Å². The highest BCUT2D eigenvalue weighted by Gasteiger charge is 2.43. The van der Waals surface area contributed by atoms with Crippen molar-refractivity contribution in [2.45, 2.75) is 32.4 Å². The zero-order valence-electron chi connectivity index (χ0n) is 18.1. The summed E-state index contributed by atoms with van der Waals surface area (Å²) in [6, 6.07) is 25.6. The fourth-order valence-corrected chi connectivity index (χ4v) is 4.00. The Kier molecular flexibility index (Phi) is 5.61. The van der Waals surface area contributed by atoms with Crippen molar-refractivity contribution in [3.05, 3.63) is 95.6 Å². The number of carbonyl (C=O) groups is 2. The van der Waals surface area contributed by atoms with E-state index in [1.807, 2.05) is 42.5 Å². The van der Waals surface area contributed by atoms with Crippen LogP contribution in [0.15, 0.2) is 78.9 Å². The van der Waals surface area contributed by atoms with E-state index in [1.165, 1.54) is 5.56 Å². The largest absolute Gasteiger partial charge is 0.322 e. The van der Waals surface area contributed by atoms with E-state index in [9.17, 15) is 9.59 Å². The average Bonchev–Trinajstić information content (AvgIpc) is 2.76. The Bertz CT molecular complexity index is 1090. The van der Waals surface area contributed by atoms with Crippen molar-refractivity contribution in [3.63, 3.8) is 0 Å². The average molecular weight is 414 g/mol. The molecule has 31 heavy (non-hydrogen) atoms. The third kappa shape index (κ3) is 4.09. The van der Waals surface area contributed by atoms with Crippen LogP contribution < -0.4 is 15.5 Å². The van der Waals surface area contributed by atoms with Crippen molar-refractivity contribution in [1.82, 2.24) is 5.32 Å². The lowest BCUT2D eigenvalue weighted by atomic mass is 9.95. The Morgan fingerprint density at radius 2 is 1.55 bits per heavy atom. The number of anilines is 2. The Hall–Kier alpha value is -3.44. The molecule has 0 fully saturated rings. The summed E-state index contributed by atoms with van der Waals surface area (Å²) < 4.78 is 0. The van der Waals surface area contributed by atoms with Crippen molar-refractivity contribution < 1.29 is 9.59 Å². The van der Waals surface area contributed by atoms with E-state index < -0.39 is 5.54 Å². The highest BCUT2D eigenvalue weighted by Crippen LogP contribution is 2.36. The van der Waals surface area contributed by atoms with Crippen molar-refractivity contribution in [2.75, 3.05) is 16.8 Å². The highest BCUT2D eigenvalue weighted by atomic mass is 16.2. The molecule has 1 heterocycles. The number of fused-ring (bicyclic) bond motifs is 1. The predicted molar refractivity (Wildman–Crippen MR) is 124 cm³/mol. The first kappa shape index (κ1) is 20.8. The minimum atomic E-state index is -0.987. The van der Waals surface area contributed by atoms with Gasteiger partial charge in [0.05, 0.1) is 24.0 Å². The van der Waals surface area contributed by atoms with Gasteiger partial charge in [-0.05, 0) is 44.0 Å². The zero-order valence-corrected chi connectivity index (χ0v) is 18.1. The van der Waals surface area contributed by atoms with E-state index in [-0.39, 0.29) is 24.4 Å². The maximum Gasteiger partial charge on any atom is 0.250 e. The van der Waals surface area contributed by atoms with Crippen molar-refractivity contribution in [1.29, 1.82) is 0 Å². The van der Waals surface area contributed by atoms with Gasteiger partial charge in [-0.15, -0.1) is 0 Å². The summed E-state index contributed by atoms with van der Waals surface area (Å²) in [4.78, 5) is 27.7. The molecule has 3 aromatic rings. The third-order valence-electron chi connectivity index (χ3n) is 5.76. The van der Waals surface area contributed by atoms with Crippen LogP contribution in [0.2, 0.25) is 0 Å². The number of hydrogen-bond donors (Lipinski definition) is 2. The summed E-state index contributed by atoms with van der Waals surface area (Å²) in [6.07, 6.45) is 0. The van der Waals surface area contributed by atoms with Crippen LogP contribution in [0.25, 0.3) is 0 Å². The molecule has 5 heteroatoms. The van der Waals surface area contributed by atoms with Gasteiger partial charge < -0.3 is 5.32 Å². The fourth-order valence-electron chi connectivity index (χ4n) is 4.00. The molecule has 0 aromatic heterocycles. The van der Waals surface area contributed by atoms with E-state index in [4.69, 9.17) is 0 Å². The molecule has 0 bridgehead atoms. The summed E-state index contributed by atoms with van der Waals surface area (Å²) >= 11 is 0. The van der Waals surface area contributed by atoms with Crippen molar-refractivity contribution in [3.8, 4) is 0 Å². The SMILES string of the molecule is Cc1ccc([C@H](NCC(=O)N2c3ccccc3NC(=O)C2(C)C)c2ccccc2)cc1. The maximum absolute atomic E-state index is 13.4. The van der Waals surface area contributed by atoms with E-state index in [0.717, 1.165) is 11.1 Å². The first-order valence-electron chi connectivity index (χ1n) is 10.5. The van der Waals surface area contributed by atoms with Gasteiger partial charge in [-0.3, -0.25) is 19.8 Å². The second-order valence-electron chi connectivity index (χ2n) is 8.39. The predicted octanol–water partition coefficient (Wildman–Crippen LogP) is 4.44. The number of amides is 2. The summed E-state index contributed by atoms with van der Waals surface area (Å²) in [5, 5.41) is 6.33. The lowest BCUT2D eigenvalue weighted by molar-refractivity contribution is -0.126. The fraction of sp³-hybridized carbons (Fsp3) is 0.231. The summed E-state index contributed by atoms with van der Waals surface area (Å²) in [5.41, 5.74) is 3.73. The van der Waals surface area contributed by atoms with Crippen LogP contribution in [-0.4, -0.2) is 23.9 Å². The van der Waals surface area contributed by atoms with Gasteiger partial charge in [-0.2, -0.15) is 0 Å². The van der Waals surface area contributed by atoms with Gasteiger partial charge in [0.15, 0.2) is 0 Å². The van der Waals surface area contributed by atoms with Crippen LogP contribution in [-0.2, 0) is 9.59 Å². The Morgan fingerprint density at radius 1 is 0.935 bits per heavy atom. The maximum atomic E-state index is 13.4. The second-order valence-corrected chi connectivity index (χ2v) is 8.39. The van der Waals surface area contributed by atoms with Crippen LogP contribution in [0.1, 0.15) is 36.6 Å². The number of carbonyl (C=O) groups excluding carboxylic acids is 2. The summed E-state index contributed by atoms with van der Waals surface area (Å²) in [7, 11) is 0. The van der Waals surface area contributed by atoms with Crippen LogP contribution in [0.3, 0.4) is 0 Å². The minimum absolute atomic E-state index is 0.0957. The molecule has 1 atom stereocenters. The zero-order chi connectivity index (χ0) is 22.0. The number of nitrogens with one attached hydrogen (secondary N) is 2. The van der Waals surface area contributed by atoms with Gasteiger partial charge in [0, 0.05) is 0 Å². The molecule has 0 radical (unpaired) electrons. The van der Waals surface area contributed by atoms with Crippen molar-refractivity contribution in [2.24, 2.45) is 0 Å². The minimum Gasteiger partial charge on any atom is -0.322 e. The monoisotopic (exact) mass is 413 g/mol. The van der Waals surface area contributed by atoms with E-state index in [1.54, 1.807) is 18.7 Å². The molecular weight excluding hydrogens is 386 g/mol. The molecule has 2 N–H and O–H groups in total. The molecule has 0 unspecified atom stereocenters. The molecule has 5 nitrogen and oxygen atoms in total. The first-order valence-corrected chi connectivity index (χ1v) is 10.5. The topological polar surface area (TPSA) is 61.4 Å². The quantitative estimate of drug-likeness (QED) is 0.650. The number of rotatable bonds is 5. The lowest BCUT2D eigenvalue weighted by Gasteiger charge is -2.42. The third-order valence-corrected chi connectivity index (χ3v) is 5.76. The Labute approximate surface area is 183 Å². The normalized spacial score (nSPS) is 15.7. The second kappa shape index (κ2) is 8.36. The number of nitrogens with zero attached hydrogens (tertiary/aromatic N) is 1. The molecule has 2 amide bonds. The molecule has 0 spiro atoms. The Balaban J connectivity index is 1.62. The standard InChI is InChI=1S/C26H27N3O2/c1-18-13-15-20(16-14-18)24(19-9-5-4-6-10-19)27-17-23(30)29-22-12-8-7-11-21(22)28-25(31)26(29,2)3/h4-16,24,27H,17H2,1-3H3,(H,28,31)/t24-/m1/s1. The summed E-state index contributed by atoms with van der Waals surface area (Å²) in [6.45, 7) is 5.69. The summed E-state index contributed by atoms with van der Waals surface area (Å²) in [5.74, 6) is -0.349. The van der Waals surface area contributed by atoms with Gasteiger partial charge in [-0.1, -0.05) is 72.3 Å². The molecular formula is C26H27N3O2.